The van der Waals surface area contributed by atoms with Crippen LogP contribution in [0.1, 0.15) is 63.1 Å². The van der Waals surface area contributed by atoms with E-state index in [9.17, 15) is 0 Å². The molecule has 0 bridgehead atoms. The molecule has 0 radical (unpaired) electrons. The van der Waals surface area contributed by atoms with Gasteiger partial charge >= 0.3 is 7.82 Å². The Morgan fingerprint density at radius 3 is 1.69 bits per heavy atom. The number of nitrogens with zero attached hydrogens (tertiary/aromatic N) is 1. The van der Waals surface area contributed by atoms with E-state index in [-0.39, 0.29) is 77.5 Å². The van der Waals surface area contributed by atoms with E-state index in [1.807, 2.05) is 166 Å². The third-order valence-electron chi connectivity index (χ3n) is 14.1. The number of hydrogen-bond acceptors (Lipinski definition) is 15. The average molecular weight is 1210 g/mol. The summed E-state index contributed by atoms with van der Waals surface area (Å²) in [6, 6.07) is 45.8. The van der Waals surface area contributed by atoms with E-state index in [0.717, 1.165) is 21.6 Å². The Morgan fingerprint density at radius 2 is 1.12 bits per heavy atom. The predicted octanol–water partition coefficient (Wildman–Crippen LogP) is 13.0. The standard InChI is InChI=1S/C59H56Cl4NO14PS/c1-59(2)33-72-79(67,73-34-59)78-53-52(70-30-37-22-12-5-13-23-37)49(69-29-36-20-10-4-11-21-36)40(31-68-28-35-18-8-3-9-19-35)74-57(53)77-51-48(64-54(65)42-43(55(64)66)45(61)47(63)46(62)44(42)60)58(80-39-26-16-7-17-27-39)75-41-32-71-56(76-50(41)51)38-24-14-6-15-25-38/h3-27,40-41,48-53,56-58H,28-34H2,1-2H3/t40-,41-,48-,49-,50-,51-,52+,53-,56?,57+,58+/m1/s1. The average Bonchev–Trinajstić information content (AvgIpc) is 3.49. The molecule has 0 saturated carbocycles. The largest absolute Gasteiger partial charge is 0.475 e. The van der Waals surface area contributed by atoms with Gasteiger partial charge in [0, 0.05) is 15.9 Å². The lowest BCUT2D eigenvalue weighted by atomic mass is 9.94. The molecule has 4 saturated heterocycles. The molecule has 80 heavy (non-hydrogen) atoms. The van der Waals surface area contributed by atoms with Crippen molar-refractivity contribution in [2.45, 2.75) is 105 Å². The number of rotatable bonds is 18. The van der Waals surface area contributed by atoms with Crippen LogP contribution in [0.4, 0.5) is 0 Å². The Hall–Kier alpha value is -4.24. The predicted molar refractivity (Wildman–Crippen MR) is 300 cm³/mol. The van der Waals surface area contributed by atoms with Gasteiger partial charge in [-0.2, -0.15) is 0 Å². The minimum absolute atomic E-state index is 0.0145. The number of thioether (sulfide) groups is 1. The van der Waals surface area contributed by atoms with Crippen LogP contribution >= 0.6 is 66.0 Å². The van der Waals surface area contributed by atoms with Crippen LogP contribution in [-0.4, -0.2) is 104 Å². The molecule has 0 aromatic heterocycles. The van der Waals surface area contributed by atoms with Crippen molar-refractivity contribution < 1.29 is 65.6 Å². The maximum absolute atomic E-state index is 15.3. The summed E-state index contributed by atoms with van der Waals surface area (Å²) in [6.07, 6.45) is -10.9. The number of imide groups is 1. The first-order chi connectivity index (χ1) is 38.7. The van der Waals surface area contributed by atoms with Gasteiger partial charge in [-0.05, 0) is 28.8 Å². The molecule has 15 nitrogen and oxygen atoms in total. The number of benzene rings is 6. The second-order valence-electron chi connectivity index (χ2n) is 20.5. The van der Waals surface area contributed by atoms with Crippen LogP contribution in [0.3, 0.4) is 0 Å². The van der Waals surface area contributed by atoms with E-state index in [1.165, 1.54) is 11.8 Å². The zero-order valence-electron chi connectivity index (χ0n) is 43.3. The van der Waals surface area contributed by atoms with Gasteiger partial charge in [-0.3, -0.25) is 28.1 Å². The summed E-state index contributed by atoms with van der Waals surface area (Å²) < 4.78 is 89.4. The van der Waals surface area contributed by atoms with Crippen LogP contribution in [0.25, 0.3) is 0 Å². The lowest BCUT2D eigenvalue weighted by Crippen LogP contribution is -2.69. The van der Waals surface area contributed by atoms with Gasteiger partial charge in [-0.25, -0.2) is 4.57 Å². The highest BCUT2D eigenvalue weighted by atomic mass is 35.5. The van der Waals surface area contributed by atoms with Crippen molar-refractivity contribution in [1.82, 2.24) is 4.90 Å². The van der Waals surface area contributed by atoms with Crippen molar-refractivity contribution in [3.8, 4) is 0 Å². The van der Waals surface area contributed by atoms with Crippen LogP contribution in [-0.2, 0) is 75.9 Å². The molecule has 0 aliphatic carbocycles. The van der Waals surface area contributed by atoms with Crippen LogP contribution in [0.2, 0.25) is 20.1 Å². The fourth-order valence-corrected chi connectivity index (χ4v) is 14.1. The van der Waals surface area contributed by atoms with Gasteiger partial charge in [-0.15, -0.1) is 0 Å². The van der Waals surface area contributed by atoms with Crippen LogP contribution in [0.15, 0.2) is 157 Å². The first-order valence-corrected chi connectivity index (χ1v) is 29.8. The molecule has 0 N–H and O–H groups in total. The SMILES string of the molecule is CC1(C)COP(=O)(O[C@H]2[C@H](O[C@H]3[C@@H]4OC(c5ccccc5)OC[C@H]4O[C@@H](Sc4ccccc4)[C@@H]3N3C(=O)c4c(Cl)c(Cl)c(Cl)c(Cl)c4C3=O)O[C@H](COCc3ccccc3)[C@@H](OCc3ccccc3)[C@@H]2OCc2ccccc2)OC1. The number of fused-ring (bicyclic) bond motifs is 2. The van der Waals surface area contributed by atoms with E-state index >= 15 is 14.2 Å². The number of phosphoric ester groups is 1. The van der Waals surface area contributed by atoms with Gasteiger partial charge in [0.2, 0.25) is 0 Å². The Balaban J connectivity index is 1.06. The molecule has 6 aromatic rings. The molecule has 11 rings (SSSR count). The van der Waals surface area contributed by atoms with Gasteiger partial charge in [0.25, 0.3) is 11.8 Å². The fourth-order valence-electron chi connectivity index (χ4n) is 10.1. The fraction of sp³-hybridized carbons (Fsp3) is 0.356. The van der Waals surface area contributed by atoms with Gasteiger partial charge in [-0.1, -0.05) is 212 Å². The van der Waals surface area contributed by atoms with Crippen molar-refractivity contribution in [1.29, 1.82) is 0 Å². The topological polar surface area (TPSA) is 156 Å². The molecule has 4 fully saturated rings. The zero-order valence-corrected chi connectivity index (χ0v) is 48.0. The highest BCUT2D eigenvalue weighted by Crippen LogP contribution is 2.58. The minimum atomic E-state index is -4.50. The number of amides is 2. The summed E-state index contributed by atoms with van der Waals surface area (Å²) in [5, 5.41) is -0.974. The molecular formula is C59H56Cl4NO14PS. The molecular weight excluding hydrogens is 1150 g/mol. The summed E-state index contributed by atoms with van der Waals surface area (Å²) in [6.45, 7) is 4.03. The Morgan fingerprint density at radius 1 is 0.613 bits per heavy atom. The monoisotopic (exact) mass is 1210 g/mol. The molecule has 0 spiro atoms. The molecule has 6 aromatic carbocycles. The maximum atomic E-state index is 15.3. The quantitative estimate of drug-likeness (QED) is 0.0346. The van der Waals surface area contributed by atoms with E-state index in [4.69, 9.17) is 97.9 Å². The van der Waals surface area contributed by atoms with Crippen molar-refractivity contribution in [2.75, 3.05) is 26.4 Å². The molecule has 5 heterocycles. The first kappa shape index (κ1) is 57.6. The second kappa shape index (κ2) is 25.3. The van der Waals surface area contributed by atoms with Crippen molar-refractivity contribution in [3.05, 3.63) is 205 Å². The van der Waals surface area contributed by atoms with Gasteiger partial charge < -0.3 is 37.9 Å². The van der Waals surface area contributed by atoms with Gasteiger partial charge in [0.15, 0.2) is 12.6 Å². The maximum Gasteiger partial charge on any atom is 0.475 e. The molecule has 5 aliphatic rings. The lowest BCUT2D eigenvalue weighted by molar-refractivity contribution is -0.363. The summed E-state index contributed by atoms with van der Waals surface area (Å²) in [5.74, 6) is -1.72. The van der Waals surface area contributed by atoms with Gasteiger partial charge in [0.1, 0.15) is 54.2 Å². The number of halogens is 4. The number of carbonyl (C=O) groups excluding carboxylic acids is 2. The highest BCUT2D eigenvalue weighted by Gasteiger charge is 2.61. The number of phosphoric acid groups is 1. The highest BCUT2D eigenvalue weighted by molar-refractivity contribution is 7.99. The van der Waals surface area contributed by atoms with Gasteiger partial charge in [0.05, 0.1) is 77.5 Å². The molecule has 420 valence electrons. The summed E-state index contributed by atoms with van der Waals surface area (Å²) in [5.41, 5.74) is 1.02. The number of hydrogen-bond donors (Lipinski definition) is 0. The Labute approximate surface area is 487 Å². The van der Waals surface area contributed by atoms with E-state index < -0.39 is 91.8 Å². The first-order valence-electron chi connectivity index (χ1n) is 26.0. The summed E-state index contributed by atoms with van der Waals surface area (Å²) >= 11 is 28.1. The number of ether oxygens (including phenoxy) is 8. The van der Waals surface area contributed by atoms with Crippen LogP contribution in [0.5, 0.6) is 0 Å². The molecule has 11 atom stereocenters. The van der Waals surface area contributed by atoms with Crippen molar-refractivity contribution in [2.24, 2.45) is 5.41 Å². The third kappa shape index (κ3) is 12.6. The molecule has 1 unspecified atom stereocenters. The lowest BCUT2D eigenvalue weighted by Gasteiger charge is -2.53. The molecule has 21 heteroatoms. The number of carbonyl (C=O) groups is 2. The van der Waals surface area contributed by atoms with E-state index in [2.05, 4.69) is 0 Å². The van der Waals surface area contributed by atoms with E-state index in [0.29, 0.717) is 10.5 Å². The summed E-state index contributed by atoms with van der Waals surface area (Å²) in [7, 11) is -4.50. The Bertz CT molecular complexity index is 3100. The minimum Gasteiger partial charge on any atom is -0.374 e. The summed E-state index contributed by atoms with van der Waals surface area (Å²) in [4.78, 5) is 32.4. The zero-order chi connectivity index (χ0) is 55.5. The van der Waals surface area contributed by atoms with Crippen LogP contribution < -0.4 is 0 Å². The van der Waals surface area contributed by atoms with Crippen molar-refractivity contribution in [3.63, 3.8) is 0 Å². The molecule has 5 aliphatic heterocycles. The molecule has 2 amide bonds. The van der Waals surface area contributed by atoms with Crippen LogP contribution in [0, 0.1) is 5.41 Å². The smallest absolute Gasteiger partial charge is 0.374 e. The normalized spacial score (nSPS) is 28.1. The van der Waals surface area contributed by atoms with Crippen molar-refractivity contribution >= 4 is 77.8 Å². The second-order valence-corrected chi connectivity index (χ2v) is 24.8. The third-order valence-corrected chi connectivity index (χ3v) is 18.5. The Kier molecular flexibility index (Phi) is 18.2. The van der Waals surface area contributed by atoms with E-state index in [1.54, 1.807) is 0 Å².